The van der Waals surface area contributed by atoms with E-state index in [9.17, 15) is 0 Å². The fourth-order valence-electron chi connectivity index (χ4n) is 2.48. The van der Waals surface area contributed by atoms with Crippen LogP contribution in [-0.4, -0.2) is 22.5 Å². The number of fused-ring (bicyclic) bond motifs is 1. The molecule has 0 spiro atoms. The van der Waals surface area contributed by atoms with Gasteiger partial charge in [-0.25, -0.2) is 4.98 Å². The average Bonchev–Trinajstić information content (AvgIpc) is 2.88. The highest BCUT2D eigenvalue weighted by molar-refractivity contribution is 5.41. The van der Waals surface area contributed by atoms with E-state index in [0.29, 0.717) is 0 Å². The number of hydrogen-bond acceptors (Lipinski definition) is 2. The first-order valence-electron chi connectivity index (χ1n) is 5.97. The van der Waals surface area contributed by atoms with Gasteiger partial charge in [0.1, 0.15) is 5.65 Å². The predicted octanol–water partition coefficient (Wildman–Crippen LogP) is 1.79. The Labute approximate surface area is 95.5 Å². The Morgan fingerprint density at radius 3 is 3.19 bits per heavy atom. The van der Waals surface area contributed by atoms with Crippen molar-refractivity contribution in [1.29, 1.82) is 0 Å². The fourth-order valence-corrected chi connectivity index (χ4v) is 2.48. The Hall–Kier alpha value is -1.35. The second-order valence-electron chi connectivity index (χ2n) is 4.69. The quantitative estimate of drug-likeness (QED) is 0.827. The zero-order valence-corrected chi connectivity index (χ0v) is 9.61. The van der Waals surface area contributed by atoms with E-state index < -0.39 is 0 Å². The van der Waals surface area contributed by atoms with Crippen molar-refractivity contribution in [3.8, 4) is 0 Å². The van der Waals surface area contributed by atoms with E-state index in [-0.39, 0.29) is 0 Å². The molecule has 0 amide bonds. The molecule has 1 aliphatic heterocycles. The zero-order valence-electron chi connectivity index (χ0n) is 9.61. The van der Waals surface area contributed by atoms with Crippen molar-refractivity contribution in [1.82, 2.24) is 14.7 Å². The highest BCUT2D eigenvalue weighted by Crippen LogP contribution is 2.16. The molecule has 0 radical (unpaired) electrons. The summed E-state index contributed by atoms with van der Waals surface area (Å²) in [6.07, 6.45) is 4.57. The number of rotatable bonds is 2. The third-order valence-electron chi connectivity index (χ3n) is 3.41. The van der Waals surface area contributed by atoms with Crippen LogP contribution >= 0.6 is 0 Å². The smallest absolute Gasteiger partial charge is 0.137 e. The first kappa shape index (κ1) is 9.85. The molecule has 0 aromatic carbocycles. The van der Waals surface area contributed by atoms with Crippen LogP contribution in [0.4, 0.5) is 0 Å². The van der Waals surface area contributed by atoms with E-state index in [1.807, 2.05) is 0 Å². The molecule has 1 saturated heterocycles. The van der Waals surface area contributed by atoms with Gasteiger partial charge in [0, 0.05) is 11.9 Å². The third-order valence-corrected chi connectivity index (χ3v) is 3.41. The van der Waals surface area contributed by atoms with Gasteiger partial charge in [0.25, 0.3) is 0 Å². The fraction of sp³-hybridized carbons (Fsp3) is 0.462. The van der Waals surface area contributed by atoms with Gasteiger partial charge in [0.15, 0.2) is 0 Å². The summed E-state index contributed by atoms with van der Waals surface area (Å²) >= 11 is 0. The second kappa shape index (κ2) is 3.91. The summed E-state index contributed by atoms with van der Waals surface area (Å²) in [5.74, 6) is 0.769. The average molecular weight is 215 g/mol. The van der Waals surface area contributed by atoms with Gasteiger partial charge < -0.3 is 9.72 Å². The highest BCUT2D eigenvalue weighted by atomic mass is 15.0. The van der Waals surface area contributed by atoms with Crippen LogP contribution < -0.4 is 5.32 Å². The third kappa shape index (κ3) is 1.71. The van der Waals surface area contributed by atoms with Crippen LogP contribution in [0.15, 0.2) is 24.4 Å². The van der Waals surface area contributed by atoms with Crippen LogP contribution in [0.25, 0.3) is 5.65 Å². The molecule has 3 rings (SSSR count). The minimum Gasteiger partial charge on any atom is -0.316 e. The molecule has 2 aromatic rings. The lowest BCUT2D eigenvalue weighted by atomic mass is 10.0. The molecule has 1 fully saturated rings. The first-order valence-corrected chi connectivity index (χ1v) is 5.97. The summed E-state index contributed by atoms with van der Waals surface area (Å²) in [6.45, 7) is 4.43. The molecule has 0 bridgehead atoms. The van der Waals surface area contributed by atoms with Gasteiger partial charge >= 0.3 is 0 Å². The van der Waals surface area contributed by atoms with Gasteiger partial charge in [0.05, 0.1) is 5.69 Å². The van der Waals surface area contributed by atoms with Crippen molar-refractivity contribution in [2.45, 2.75) is 19.8 Å². The van der Waals surface area contributed by atoms with Crippen molar-refractivity contribution in [2.75, 3.05) is 13.1 Å². The van der Waals surface area contributed by atoms with Crippen molar-refractivity contribution in [3.63, 3.8) is 0 Å². The zero-order chi connectivity index (χ0) is 11.0. The number of aromatic nitrogens is 2. The number of nitrogens with one attached hydrogen (secondary N) is 1. The first-order chi connectivity index (χ1) is 7.83. The predicted molar refractivity (Wildman–Crippen MR) is 64.6 cm³/mol. The largest absolute Gasteiger partial charge is 0.316 e. The van der Waals surface area contributed by atoms with E-state index in [1.54, 1.807) is 0 Å². The van der Waals surface area contributed by atoms with Gasteiger partial charge in [-0.2, -0.15) is 0 Å². The minimum atomic E-state index is 0.769. The van der Waals surface area contributed by atoms with E-state index in [4.69, 9.17) is 0 Å². The van der Waals surface area contributed by atoms with Crippen LogP contribution in [0.3, 0.4) is 0 Å². The van der Waals surface area contributed by atoms with Crippen LogP contribution in [0.2, 0.25) is 0 Å². The van der Waals surface area contributed by atoms with Gasteiger partial charge in [0.2, 0.25) is 0 Å². The Bertz CT molecular complexity index is 495. The number of pyridine rings is 1. The Kier molecular flexibility index (Phi) is 2.40. The maximum absolute atomic E-state index is 4.67. The highest BCUT2D eigenvalue weighted by Gasteiger charge is 2.16. The van der Waals surface area contributed by atoms with E-state index in [2.05, 4.69) is 46.0 Å². The number of aryl methyl sites for hydroxylation is 1. The number of nitrogens with zero attached hydrogens (tertiary/aromatic N) is 2. The van der Waals surface area contributed by atoms with Crippen molar-refractivity contribution >= 4 is 5.65 Å². The molecule has 1 unspecified atom stereocenters. The summed E-state index contributed by atoms with van der Waals surface area (Å²) in [6, 6.07) is 6.26. The minimum absolute atomic E-state index is 0.769. The van der Waals surface area contributed by atoms with Gasteiger partial charge in [-0.15, -0.1) is 0 Å². The second-order valence-corrected chi connectivity index (χ2v) is 4.69. The molecular weight excluding hydrogens is 198 g/mol. The van der Waals surface area contributed by atoms with Crippen LogP contribution in [0.5, 0.6) is 0 Å². The summed E-state index contributed by atoms with van der Waals surface area (Å²) in [7, 11) is 0. The van der Waals surface area contributed by atoms with Gasteiger partial charge in [-0.3, -0.25) is 0 Å². The standard InChI is InChI=1S/C13H17N3/c1-10-3-2-4-13-15-12(9-16(10)13)7-11-5-6-14-8-11/h2-4,9,11,14H,5-8H2,1H3. The molecule has 1 N–H and O–H groups in total. The van der Waals surface area contributed by atoms with Gasteiger partial charge in [-0.05, 0) is 50.9 Å². The normalized spacial score (nSPS) is 20.7. The van der Waals surface area contributed by atoms with Crippen LogP contribution in [-0.2, 0) is 6.42 Å². The Balaban J connectivity index is 1.90. The molecule has 3 heterocycles. The lowest BCUT2D eigenvalue weighted by Gasteiger charge is -2.03. The molecule has 16 heavy (non-hydrogen) atoms. The maximum Gasteiger partial charge on any atom is 0.137 e. The van der Waals surface area contributed by atoms with Crippen LogP contribution in [0, 0.1) is 12.8 Å². The summed E-state index contributed by atoms with van der Waals surface area (Å²) in [5.41, 5.74) is 3.55. The Morgan fingerprint density at radius 2 is 2.44 bits per heavy atom. The number of hydrogen-bond donors (Lipinski definition) is 1. The molecule has 2 aromatic heterocycles. The molecule has 1 atom stereocenters. The Morgan fingerprint density at radius 1 is 1.50 bits per heavy atom. The van der Waals surface area contributed by atoms with Crippen molar-refractivity contribution < 1.29 is 0 Å². The maximum atomic E-state index is 4.67. The molecule has 84 valence electrons. The molecule has 1 aliphatic rings. The lowest BCUT2D eigenvalue weighted by Crippen LogP contribution is -2.10. The van der Waals surface area contributed by atoms with Crippen molar-refractivity contribution in [3.05, 3.63) is 35.8 Å². The molecule has 0 aliphatic carbocycles. The topological polar surface area (TPSA) is 29.3 Å². The molecule has 3 nitrogen and oxygen atoms in total. The monoisotopic (exact) mass is 215 g/mol. The number of imidazole rings is 1. The van der Waals surface area contributed by atoms with E-state index in [1.165, 1.54) is 17.8 Å². The summed E-state index contributed by atoms with van der Waals surface area (Å²) in [5, 5.41) is 3.40. The molecule has 0 saturated carbocycles. The molecular formula is C13H17N3. The summed E-state index contributed by atoms with van der Waals surface area (Å²) in [4.78, 5) is 4.67. The van der Waals surface area contributed by atoms with Gasteiger partial charge in [-0.1, -0.05) is 6.07 Å². The molecule has 3 heteroatoms. The SMILES string of the molecule is Cc1cccc2nc(CC3CCNC3)cn12. The van der Waals surface area contributed by atoms with Crippen molar-refractivity contribution in [2.24, 2.45) is 5.92 Å². The van der Waals surface area contributed by atoms with Crippen LogP contribution in [0.1, 0.15) is 17.8 Å². The van der Waals surface area contributed by atoms with E-state index in [0.717, 1.165) is 31.1 Å². The van der Waals surface area contributed by atoms with E-state index >= 15 is 0 Å². The lowest BCUT2D eigenvalue weighted by molar-refractivity contribution is 0.573. The summed E-state index contributed by atoms with van der Waals surface area (Å²) < 4.78 is 2.18.